The van der Waals surface area contributed by atoms with Crippen LogP contribution in [0.3, 0.4) is 0 Å². The van der Waals surface area contributed by atoms with Gasteiger partial charge in [0.25, 0.3) is 0 Å². The molecule has 0 saturated heterocycles. The number of hydrogen-bond acceptors (Lipinski definition) is 3. The normalized spacial score (nSPS) is 13.2. The van der Waals surface area contributed by atoms with Gasteiger partial charge in [0.2, 0.25) is 0 Å². The Balaban J connectivity index is 2.19. The van der Waals surface area contributed by atoms with Crippen molar-refractivity contribution in [2.75, 3.05) is 6.54 Å². The van der Waals surface area contributed by atoms with E-state index in [2.05, 4.69) is 5.32 Å². The fourth-order valence-electron chi connectivity index (χ4n) is 2.04. The number of para-hydroxylation sites is 1. The summed E-state index contributed by atoms with van der Waals surface area (Å²) < 4.78 is 5.96. The zero-order valence-electron chi connectivity index (χ0n) is 11.7. The van der Waals surface area contributed by atoms with Gasteiger partial charge in [-0.2, -0.15) is 0 Å². The zero-order valence-corrected chi connectivity index (χ0v) is 11.7. The predicted molar refractivity (Wildman–Crippen MR) is 81.6 cm³/mol. The van der Waals surface area contributed by atoms with Crippen LogP contribution in [0.2, 0.25) is 0 Å². The molecule has 0 aliphatic heterocycles. The Hall–Kier alpha value is -2.53. The molecule has 0 fully saturated rings. The van der Waals surface area contributed by atoms with Crippen molar-refractivity contribution in [3.63, 3.8) is 0 Å². The minimum absolute atomic E-state index is 0.327. The maximum atomic E-state index is 10.8. The second-order valence-corrected chi connectivity index (χ2v) is 4.71. The van der Waals surface area contributed by atoms with Crippen LogP contribution in [0.4, 0.5) is 4.79 Å². The number of hydrogen-bond donors (Lipinski definition) is 3. The largest absolute Gasteiger partial charge is 0.469 e. The average Bonchev–Trinajstić information content (AvgIpc) is 2.49. The van der Waals surface area contributed by atoms with Crippen LogP contribution in [0.25, 0.3) is 0 Å². The van der Waals surface area contributed by atoms with Crippen LogP contribution in [0.1, 0.15) is 12.0 Å². The van der Waals surface area contributed by atoms with Crippen LogP contribution in [0, 0.1) is 0 Å². The molecule has 0 spiro atoms. The van der Waals surface area contributed by atoms with Crippen molar-refractivity contribution >= 4 is 6.03 Å². The Morgan fingerprint density at radius 1 is 1.05 bits per heavy atom. The molecule has 2 aromatic rings. The molecule has 1 unspecified atom stereocenters. The highest BCUT2D eigenvalue weighted by molar-refractivity contribution is 5.71. The quantitative estimate of drug-likeness (QED) is 0.708. The summed E-state index contributed by atoms with van der Waals surface area (Å²) >= 11 is 0. The van der Waals surface area contributed by atoms with E-state index in [1.807, 2.05) is 60.7 Å². The van der Waals surface area contributed by atoms with E-state index >= 15 is 0 Å². The monoisotopic (exact) mass is 285 g/mol. The van der Waals surface area contributed by atoms with Crippen molar-refractivity contribution < 1.29 is 9.53 Å². The van der Waals surface area contributed by atoms with Gasteiger partial charge in [0, 0.05) is 18.5 Å². The van der Waals surface area contributed by atoms with E-state index < -0.39 is 11.8 Å². The molecule has 2 amide bonds. The minimum atomic E-state index is -1.04. The van der Waals surface area contributed by atoms with Gasteiger partial charge in [-0.25, -0.2) is 4.79 Å². The molecule has 0 radical (unpaired) electrons. The molecule has 0 aliphatic rings. The molecular formula is C16H19N3O2. The number of ether oxygens (including phenoxy) is 1. The summed E-state index contributed by atoms with van der Waals surface area (Å²) in [4.78, 5) is 10.8. The van der Waals surface area contributed by atoms with Crippen LogP contribution in [0.5, 0.6) is 5.75 Å². The number of nitrogens with two attached hydrogens (primary N) is 2. The van der Waals surface area contributed by atoms with Crippen molar-refractivity contribution in [3.05, 3.63) is 66.2 Å². The highest BCUT2D eigenvalue weighted by Crippen LogP contribution is 2.26. The van der Waals surface area contributed by atoms with Crippen LogP contribution in [0.15, 0.2) is 60.7 Å². The van der Waals surface area contributed by atoms with E-state index in [1.165, 1.54) is 0 Å². The maximum absolute atomic E-state index is 10.8. The van der Waals surface area contributed by atoms with Gasteiger partial charge in [-0.3, -0.25) is 5.73 Å². The number of benzene rings is 2. The summed E-state index contributed by atoms with van der Waals surface area (Å²) in [5.41, 5.74) is 11.3. The third-order valence-electron chi connectivity index (χ3n) is 3.10. The lowest BCUT2D eigenvalue weighted by molar-refractivity contribution is 0.0643. The van der Waals surface area contributed by atoms with Crippen molar-refractivity contribution in [2.45, 2.75) is 12.1 Å². The first-order valence-electron chi connectivity index (χ1n) is 6.72. The molecule has 0 aliphatic carbocycles. The lowest BCUT2D eigenvalue weighted by atomic mass is 10.00. The van der Waals surface area contributed by atoms with Gasteiger partial charge in [0.05, 0.1) is 0 Å². The smallest absolute Gasteiger partial charge is 0.312 e. The number of carbonyl (C=O) groups excluding carboxylic acids is 1. The molecule has 0 aromatic heterocycles. The Morgan fingerprint density at radius 3 is 2.19 bits per heavy atom. The maximum Gasteiger partial charge on any atom is 0.312 e. The highest BCUT2D eigenvalue weighted by atomic mass is 16.5. The Kier molecular flexibility index (Phi) is 4.79. The Morgan fingerprint density at radius 2 is 1.62 bits per heavy atom. The van der Waals surface area contributed by atoms with E-state index in [4.69, 9.17) is 16.2 Å². The first kappa shape index (κ1) is 14.9. The van der Waals surface area contributed by atoms with Crippen molar-refractivity contribution in [3.8, 4) is 5.75 Å². The summed E-state index contributed by atoms with van der Waals surface area (Å²) in [5, 5.41) is 2.54. The number of carbonyl (C=O) groups is 1. The Bertz CT molecular complexity index is 575. The SMILES string of the molecule is NC(=O)NCCC(N)(Oc1ccccc1)c1ccccc1. The van der Waals surface area contributed by atoms with E-state index in [9.17, 15) is 4.79 Å². The lowest BCUT2D eigenvalue weighted by Gasteiger charge is -2.31. The van der Waals surface area contributed by atoms with Gasteiger partial charge in [-0.15, -0.1) is 0 Å². The standard InChI is InChI=1S/C16H19N3O2/c17-15(20)19-12-11-16(18,13-7-3-1-4-8-13)21-14-9-5-2-6-10-14/h1-10H,11-12,18H2,(H3,17,19,20). The first-order valence-corrected chi connectivity index (χ1v) is 6.72. The van der Waals surface area contributed by atoms with Crippen molar-refractivity contribution in [1.82, 2.24) is 5.32 Å². The second-order valence-electron chi connectivity index (χ2n) is 4.71. The second kappa shape index (κ2) is 6.76. The fraction of sp³-hybridized carbons (Fsp3) is 0.188. The third-order valence-corrected chi connectivity index (χ3v) is 3.10. The van der Waals surface area contributed by atoms with Crippen LogP contribution in [-0.4, -0.2) is 12.6 Å². The van der Waals surface area contributed by atoms with Crippen molar-refractivity contribution in [1.29, 1.82) is 0 Å². The topological polar surface area (TPSA) is 90.4 Å². The lowest BCUT2D eigenvalue weighted by Crippen LogP contribution is -2.46. The average molecular weight is 285 g/mol. The van der Waals surface area contributed by atoms with Crippen LogP contribution >= 0.6 is 0 Å². The van der Waals surface area contributed by atoms with Crippen LogP contribution in [-0.2, 0) is 5.72 Å². The molecule has 110 valence electrons. The molecule has 0 heterocycles. The number of primary amides is 1. The molecular weight excluding hydrogens is 266 g/mol. The van der Waals surface area contributed by atoms with E-state index in [1.54, 1.807) is 0 Å². The molecule has 2 rings (SSSR count). The molecule has 5 N–H and O–H groups in total. The van der Waals surface area contributed by atoms with E-state index in [0.717, 1.165) is 5.56 Å². The fourth-order valence-corrected chi connectivity index (χ4v) is 2.04. The molecule has 5 heteroatoms. The third kappa shape index (κ3) is 4.22. The van der Waals surface area contributed by atoms with E-state index in [-0.39, 0.29) is 0 Å². The number of nitrogens with one attached hydrogen (secondary N) is 1. The van der Waals surface area contributed by atoms with Gasteiger partial charge < -0.3 is 15.8 Å². The molecule has 0 bridgehead atoms. The minimum Gasteiger partial charge on any atom is -0.469 e. The van der Waals surface area contributed by atoms with Gasteiger partial charge >= 0.3 is 6.03 Å². The molecule has 5 nitrogen and oxygen atoms in total. The predicted octanol–water partition coefficient (Wildman–Crippen LogP) is 1.94. The summed E-state index contributed by atoms with van der Waals surface area (Å²) in [6.07, 6.45) is 0.398. The molecule has 21 heavy (non-hydrogen) atoms. The molecule has 0 saturated carbocycles. The number of urea groups is 1. The van der Waals surface area contributed by atoms with Crippen molar-refractivity contribution in [2.24, 2.45) is 11.5 Å². The van der Waals surface area contributed by atoms with Gasteiger partial charge in [0.1, 0.15) is 5.75 Å². The van der Waals surface area contributed by atoms with Gasteiger partial charge in [-0.1, -0.05) is 48.5 Å². The molecule has 2 aromatic carbocycles. The van der Waals surface area contributed by atoms with Crippen LogP contribution < -0.4 is 21.5 Å². The molecule has 1 atom stereocenters. The summed E-state index contributed by atoms with van der Waals surface area (Å²) in [7, 11) is 0. The first-order chi connectivity index (χ1) is 10.1. The Labute approximate surface area is 123 Å². The summed E-state index contributed by atoms with van der Waals surface area (Å²) in [6.45, 7) is 0.327. The number of rotatable bonds is 6. The van der Waals surface area contributed by atoms with E-state index in [0.29, 0.717) is 18.7 Å². The zero-order chi connectivity index (χ0) is 15.1. The van der Waals surface area contributed by atoms with Gasteiger partial charge in [-0.05, 0) is 12.1 Å². The summed E-state index contributed by atoms with van der Waals surface area (Å²) in [6, 6.07) is 18.3. The summed E-state index contributed by atoms with van der Waals surface area (Å²) in [5.74, 6) is 0.669. The highest BCUT2D eigenvalue weighted by Gasteiger charge is 2.29. The number of amides is 2. The van der Waals surface area contributed by atoms with Gasteiger partial charge in [0.15, 0.2) is 5.72 Å².